The van der Waals surface area contributed by atoms with Gasteiger partial charge in [-0.3, -0.25) is 4.79 Å². The normalized spacial score (nSPS) is 12.4. The van der Waals surface area contributed by atoms with Gasteiger partial charge in [-0.15, -0.1) is 10.2 Å². The zero-order chi connectivity index (χ0) is 19.6. The number of hydrogen-bond acceptors (Lipinski definition) is 9. The summed E-state index contributed by atoms with van der Waals surface area (Å²) in [7, 11) is 0. The Hall–Kier alpha value is -3.80. The van der Waals surface area contributed by atoms with Crippen molar-refractivity contribution in [3.8, 4) is 0 Å². The Morgan fingerprint density at radius 1 is 1.07 bits per heavy atom. The largest absolute Gasteiger partial charge is 0.595 e. The minimum Gasteiger partial charge on any atom is -0.595 e. The molecule has 0 saturated carbocycles. The molecule has 11 nitrogen and oxygen atoms in total. The van der Waals surface area contributed by atoms with Gasteiger partial charge in [0.1, 0.15) is 0 Å². The number of hydrogen-bond donors (Lipinski definition) is 5. The lowest BCUT2D eigenvalue weighted by atomic mass is 10.2. The second-order valence-electron chi connectivity index (χ2n) is 5.48. The average Bonchev–Trinajstić information content (AvgIpc) is 2.94. The standard InChI is InChI=1S/C16H16N8O3/c17-12-4-2-1-3-11(12)16(25)23-15(19)13(14(18)22-23)21-20-9-5-7-10(8-6-9)24(26)27/h1-8,24,26H,17,19H2,(H2,18,22). The van der Waals surface area contributed by atoms with Gasteiger partial charge in [0.05, 0.1) is 11.3 Å². The first-order valence-corrected chi connectivity index (χ1v) is 7.66. The van der Waals surface area contributed by atoms with E-state index in [0.29, 0.717) is 5.69 Å². The van der Waals surface area contributed by atoms with E-state index >= 15 is 0 Å². The Balaban J connectivity index is 1.90. The number of nitrogens with zero attached hydrogens (tertiary/aromatic N) is 4. The van der Waals surface area contributed by atoms with Crippen LogP contribution in [0.25, 0.3) is 0 Å². The second-order valence-corrected chi connectivity index (χ2v) is 5.48. The molecule has 0 amide bonds. The highest BCUT2D eigenvalue weighted by molar-refractivity contribution is 6.02. The van der Waals surface area contributed by atoms with Crippen molar-refractivity contribution in [1.29, 1.82) is 0 Å². The van der Waals surface area contributed by atoms with E-state index in [9.17, 15) is 10.0 Å². The molecular formula is C16H16N8O3. The van der Waals surface area contributed by atoms with Crippen LogP contribution in [0.1, 0.15) is 10.4 Å². The fraction of sp³-hybridized carbons (Fsp3) is 0. The molecule has 0 aliphatic carbocycles. The zero-order valence-corrected chi connectivity index (χ0v) is 13.9. The summed E-state index contributed by atoms with van der Waals surface area (Å²) in [6, 6.07) is 12.2. The highest BCUT2D eigenvalue weighted by atomic mass is 16.8. The van der Waals surface area contributed by atoms with E-state index in [1.54, 1.807) is 24.3 Å². The summed E-state index contributed by atoms with van der Waals surface area (Å²) in [4.78, 5) is 12.6. The molecule has 0 radical (unpaired) electrons. The highest BCUT2D eigenvalue weighted by Gasteiger charge is 2.21. The minimum atomic E-state index is -1.05. The Kier molecular flexibility index (Phi) is 4.81. The van der Waals surface area contributed by atoms with Gasteiger partial charge in [0.15, 0.2) is 23.0 Å². The molecule has 0 aliphatic rings. The van der Waals surface area contributed by atoms with Gasteiger partial charge >= 0.3 is 0 Å². The van der Waals surface area contributed by atoms with Gasteiger partial charge in [0.25, 0.3) is 5.91 Å². The molecule has 3 aromatic rings. The Morgan fingerprint density at radius 2 is 1.74 bits per heavy atom. The predicted molar refractivity (Wildman–Crippen MR) is 98.0 cm³/mol. The molecule has 3 rings (SSSR count). The minimum absolute atomic E-state index is 0.0279. The number of aromatic nitrogens is 2. The third-order valence-corrected chi connectivity index (χ3v) is 3.68. The molecule has 8 N–H and O–H groups in total. The smallest absolute Gasteiger partial charge is 0.282 e. The van der Waals surface area contributed by atoms with Crippen LogP contribution < -0.4 is 22.4 Å². The number of nitrogens with two attached hydrogens (primary N) is 3. The van der Waals surface area contributed by atoms with E-state index in [1.807, 2.05) is 0 Å². The van der Waals surface area contributed by atoms with Crippen molar-refractivity contribution in [2.45, 2.75) is 0 Å². The summed E-state index contributed by atoms with van der Waals surface area (Å²) in [5.74, 6) is -0.725. The molecule has 1 aromatic heterocycles. The van der Waals surface area contributed by atoms with Gasteiger partial charge in [-0.05, 0) is 24.3 Å². The number of carbonyl (C=O) groups excluding carboxylic acids is 1. The lowest BCUT2D eigenvalue weighted by Gasteiger charge is -2.10. The molecule has 0 spiro atoms. The van der Waals surface area contributed by atoms with Gasteiger partial charge < -0.3 is 22.4 Å². The van der Waals surface area contributed by atoms with E-state index in [2.05, 4.69) is 15.3 Å². The number of quaternary nitrogens is 1. The fourth-order valence-electron chi connectivity index (χ4n) is 2.28. The maximum atomic E-state index is 12.6. The second kappa shape index (κ2) is 7.21. The fourth-order valence-corrected chi connectivity index (χ4v) is 2.28. The van der Waals surface area contributed by atoms with Crippen LogP contribution in [0.2, 0.25) is 0 Å². The van der Waals surface area contributed by atoms with Crippen molar-refractivity contribution < 1.29 is 15.2 Å². The van der Waals surface area contributed by atoms with Crippen molar-refractivity contribution in [3.63, 3.8) is 0 Å². The summed E-state index contributed by atoms with van der Waals surface area (Å²) in [6.07, 6.45) is 0. The molecule has 2 aromatic carbocycles. The number of azo groups is 1. The SMILES string of the molecule is Nc1ccccc1C(=O)n1nc(N)c(N=Nc2ccc([NH+]([O-])O)cc2)c1N. The lowest BCUT2D eigenvalue weighted by molar-refractivity contribution is -0.991. The van der Waals surface area contributed by atoms with Crippen LogP contribution in [0.3, 0.4) is 0 Å². The number of rotatable bonds is 4. The number of para-hydroxylation sites is 1. The molecule has 0 fully saturated rings. The highest BCUT2D eigenvalue weighted by Crippen LogP contribution is 2.31. The number of benzene rings is 2. The first kappa shape index (κ1) is 18.0. The number of anilines is 3. The van der Waals surface area contributed by atoms with Gasteiger partial charge in [0, 0.05) is 17.8 Å². The van der Waals surface area contributed by atoms with E-state index in [0.717, 1.165) is 4.68 Å². The lowest BCUT2D eigenvalue weighted by Crippen LogP contribution is -2.99. The molecule has 11 heteroatoms. The topological polar surface area (TPSA) is 185 Å². The van der Waals surface area contributed by atoms with Crippen LogP contribution >= 0.6 is 0 Å². The first-order valence-electron chi connectivity index (χ1n) is 7.66. The van der Waals surface area contributed by atoms with E-state index in [-0.39, 0.29) is 34.3 Å². The monoisotopic (exact) mass is 368 g/mol. The van der Waals surface area contributed by atoms with Crippen LogP contribution in [-0.4, -0.2) is 20.9 Å². The van der Waals surface area contributed by atoms with E-state index in [4.69, 9.17) is 22.4 Å². The number of nitrogen functional groups attached to an aromatic ring is 3. The Morgan fingerprint density at radius 3 is 2.37 bits per heavy atom. The summed E-state index contributed by atoms with van der Waals surface area (Å²) in [5, 5.41) is 30.5. The number of nitrogens with one attached hydrogen (secondary N) is 1. The Bertz CT molecular complexity index is 1010. The van der Waals surface area contributed by atoms with Crippen LogP contribution in [0.5, 0.6) is 0 Å². The van der Waals surface area contributed by atoms with Gasteiger partial charge in [-0.1, -0.05) is 12.1 Å². The van der Waals surface area contributed by atoms with Gasteiger partial charge in [-0.25, -0.2) is 5.21 Å². The van der Waals surface area contributed by atoms with Crippen molar-refractivity contribution in [2.24, 2.45) is 10.2 Å². The molecule has 0 bridgehead atoms. The molecule has 27 heavy (non-hydrogen) atoms. The third-order valence-electron chi connectivity index (χ3n) is 3.68. The molecule has 1 heterocycles. The van der Waals surface area contributed by atoms with Crippen molar-refractivity contribution >= 4 is 40.3 Å². The summed E-state index contributed by atoms with van der Waals surface area (Å²) in [6.45, 7) is 0. The molecule has 1 unspecified atom stereocenters. The van der Waals surface area contributed by atoms with Crippen LogP contribution in [0.4, 0.5) is 34.4 Å². The molecule has 0 saturated heterocycles. The van der Waals surface area contributed by atoms with E-state index in [1.165, 1.54) is 24.3 Å². The Labute approximate surface area is 152 Å². The zero-order valence-electron chi connectivity index (χ0n) is 13.9. The van der Waals surface area contributed by atoms with Crippen molar-refractivity contribution in [1.82, 2.24) is 9.78 Å². The summed E-state index contributed by atoms with van der Waals surface area (Å²) in [5.41, 5.74) is 18.6. The van der Waals surface area contributed by atoms with Gasteiger partial charge in [-0.2, -0.15) is 15.0 Å². The summed E-state index contributed by atoms with van der Waals surface area (Å²) < 4.78 is 0.906. The molecular weight excluding hydrogens is 352 g/mol. The maximum Gasteiger partial charge on any atom is 0.282 e. The van der Waals surface area contributed by atoms with Crippen LogP contribution in [-0.2, 0) is 0 Å². The van der Waals surface area contributed by atoms with E-state index < -0.39 is 11.1 Å². The van der Waals surface area contributed by atoms with Crippen LogP contribution in [0, 0.1) is 5.21 Å². The maximum absolute atomic E-state index is 12.6. The molecule has 0 aliphatic heterocycles. The van der Waals surface area contributed by atoms with Crippen molar-refractivity contribution in [2.75, 3.05) is 17.2 Å². The van der Waals surface area contributed by atoms with Gasteiger partial charge in [0.2, 0.25) is 0 Å². The third kappa shape index (κ3) is 3.59. The van der Waals surface area contributed by atoms with Crippen LogP contribution in [0.15, 0.2) is 58.8 Å². The predicted octanol–water partition coefficient (Wildman–Crippen LogP) is 1.14. The number of carbonyl (C=O) groups is 1. The molecule has 138 valence electrons. The first-order chi connectivity index (χ1) is 12.9. The molecule has 1 atom stereocenters. The van der Waals surface area contributed by atoms with Crippen molar-refractivity contribution in [3.05, 3.63) is 59.3 Å². The summed E-state index contributed by atoms with van der Waals surface area (Å²) >= 11 is 0. The average molecular weight is 368 g/mol. The quantitative estimate of drug-likeness (QED) is 0.259.